The summed E-state index contributed by atoms with van der Waals surface area (Å²) in [5.74, 6) is -2.05. The number of ether oxygens (including phenoxy) is 2. The van der Waals surface area contributed by atoms with Gasteiger partial charge in [-0.2, -0.15) is 0 Å². The highest BCUT2D eigenvalue weighted by Gasteiger charge is 2.41. The Bertz CT molecular complexity index is 691. The lowest BCUT2D eigenvalue weighted by Crippen LogP contribution is -2.36. The second kappa shape index (κ2) is 7.08. The molecule has 0 spiro atoms. The minimum absolute atomic E-state index is 0.385. The van der Waals surface area contributed by atoms with Crippen molar-refractivity contribution in [3.63, 3.8) is 0 Å². The van der Waals surface area contributed by atoms with E-state index in [4.69, 9.17) is 9.47 Å². The summed E-state index contributed by atoms with van der Waals surface area (Å²) in [6.45, 7) is 3.51. The maximum Gasteiger partial charge on any atom is 0.336 e. The molecule has 0 bridgehead atoms. The van der Waals surface area contributed by atoms with E-state index in [2.05, 4.69) is 20.9 Å². The number of nitrogens with zero attached hydrogens (tertiary/aromatic N) is 1. The monoisotopic (exact) mass is 379 g/mol. The van der Waals surface area contributed by atoms with E-state index in [-0.39, 0.29) is 0 Å². The number of halogens is 1. The number of allylic oxidation sites excluding steroid dienone is 1. The van der Waals surface area contributed by atoms with Crippen molar-refractivity contribution in [3.8, 4) is 0 Å². The molecule has 0 N–H and O–H groups in total. The molecule has 6 heteroatoms. The average Bonchev–Trinajstić information content (AvgIpc) is 2.53. The first kappa shape index (κ1) is 17.4. The van der Waals surface area contributed by atoms with E-state index in [1.165, 1.54) is 14.2 Å². The topological polar surface area (TPSA) is 65.0 Å². The zero-order valence-electron chi connectivity index (χ0n) is 13.4. The summed E-state index contributed by atoms with van der Waals surface area (Å²) in [6.07, 6.45) is 0. The number of benzene rings is 1. The average molecular weight is 380 g/mol. The van der Waals surface area contributed by atoms with Crippen molar-refractivity contribution in [1.29, 1.82) is 0 Å². The van der Waals surface area contributed by atoms with E-state index in [0.29, 0.717) is 17.0 Å². The van der Waals surface area contributed by atoms with Gasteiger partial charge in [0.25, 0.3) is 0 Å². The number of esters is 2. The predicted octanol–water partition coefficient (Wildman–Crippen LogP) is 3.24. The molecule has 0 aromatic heterocycles. The fraction of sp³-hybridized carbons (Fsp3) is 0.353. The molecule has 0 saturated heterocycles. The molecule has 1 aliphatic heterocycles. The molecular formula is C17H18BrNO4. The summed E-state index contributed by atoms with van der Waals surface area (Å²) in [7, 11) is 2.65. The van der Waals surface area contributed by atoms with Crippen molar-refractivity contribution in [2.24, 2.45) is 10.9 Å². The second-order valence-corrected chi connectivity index (χ2v) is 6.19. The van der Waals surface area contributed by atoms with Gasteiger partial charge in [-0.1, -0.05) is 28.1 Å². The quantitative estimate of drug-likeness (QED) is 0.756. The van der Waals surface area contributed by atoms with Crippen molar-refractivity contribution in [2.45, 2.75) is 19.8 Å². The third kappa shape index (κ3) is 3.37. The number of carbonyl (C=O) groups is 2. The smallest absolute Gasteiger partial charge is 0.336 e. The molecule has 1 aromatic carbocycles. The number of hydrogen-bond donors (Lipinski definition) is 0. The van der Waals surface area contributed by atoms with Crippen LogP contribution in [0.2, 0.25) is 0 Å². The minimum atomic E-state index is -0.654. The molecule has 0 amide bonds. The van der Waals surface area contributed by atoms with Gasteiger partial charge in [0.05, 0.1) is 19.8 Å². The van der Waals surface area contributed by atoms with Crippen LogP contribution in [0.5, 0.6) is 0 Å². The Balaban J connectivity index is 2.65. The Labute approximate surface area is 143 Å². The minimum Gasteiger partial charge on any atom is -0.468 e. The van der Waals surface area contributed by atoms with Crippen molar-refractivity contribution in [3.05, 3.63) is 45.6 Å². The summed E-state index contributed by atoms with van der Waals surface area (Å²) < 4.78 is 10.7. The van der Waals surface area contributed by atoms with Gasteiger partial charge in [0.2, 0.25) is 0 Å². The molecule has 2 atom stereocenters. The van der Waals surface area contributed by atoms with Gasteiger partial charge in [-0.15, -0.1) is 0 Å². The molecule has 23 heavy (non-hydrogen) atoms. The highest BCUT2D eigenvalue weighted by atomic mass is 79.9. The fourth-order valence-corrected chi connectivity index (χ4v) is 3.14. The molecule has 0 aliphatic carbocycles. The lowest BCUT2D eigenvalue weighted by molar-refractivity contribution is -0.143. The van der Waals surface area contributed by atoms with E-state index < -0.39 is 23.8 Å². The van der Waals surface area contributed by atoms with Crippen LogP contribution in [-0.2, 0) is 19.1 Å². The van der Waals surface area contributed by atoms with Crippen LogP contribution in [0, 0.1) is 5.92 Å². The van der Waals surface area contributed by atoms with Gasteiger partial charge >= 0.3 is 11.9 Å². The summed E-state index contributed by atoms with van der Waals surface area (Å²) in [6, 6.07) is 7.49. The van der Waals surface area contributed by atoms with Crippen LogP contribution in [0.25, 0.3) is 0 Å². The van der Waals surface area contributed by atoms with E-state index in [9.17, 15) is 9.59 Å². The number of methoxy groups -OCH3 is 2. The zero-order valence-corrected chi connectivity index (χ0v) is 15.0. The summed E-state index contributed by atoms with van der Waals surface area (Å²) in [5.41, 5.74) is 2.39. The Hall–Kier alpha value is -1.95. The maximum atomic E-state index is 12.3. The van der Waals surface area contributed by atoms with Crippen molar-refractivity contribution in [1.82, 2.24) is 0 Å². The SMILES string of the molecule is COC(=O)C1=C(C)N=C(C)C(C(=O)OC)C1c1ccc(Br)cc1. The van der Waals surface area contributed by atoms with Crippen LogP contribution in [0.1, 0.15) is 25.3 Å². The lowest BCUT2D eigenvalue weighted by atomic mass is 9.75. The number of aliphatic imine (C=N–C) groups is 1. The highest BCUT2D eigenvalue weighted by Crippen LogP contribution is 2.40. The van der Waals surface area contributed by atoms with Gasteiger partial charge in [-0.3, -0.25) is 9.79 Å². The summed E-state index contributed by atoms with van der Waals surface area (Å²) in [4.78, 5) is 28.9. The van der Waals surface area contributed by atoms with Gasteiger partial charge in [0, 0.05) is 21.8 Å². The van der Waals surface area contributed by atoms with Crippen LogP contribution in [0.4, 0.5) is 0 Å². The van der Waals surface area contributed by atoms with Crippen molar-refractivity contribution < 1.29 is 19.1 Å². The van der Waals surface area contributed by atoms with Gasteiger partial charge in [0.15, 0.2) is 0 Å². The Kier molecular flexibility index (Phi) is 5.36. The third-order valence-electron chi connectivity index (χ3n) is 3.92. The zero-order chi connectivity index (χ0) is 17.1. The molecular weight excluding hydrogens is 362 g/mol. The number of rotatable bonds is 3. The van der Waals surface area contributed by atoms with Crippen LogP contribution in [0.3, 0.4) is 0 Å². The van der Waals surface area contributed by atoms with Crippen LogP contribution < -0.4 is 0 Å². The first-order chi connectivity index (χ1) is 10.9. The normalized spacial score (nSPS) is 20.8. The Morgan fingerprint density at radius 1 is 1.09 bits per heavy atom. The Morgan fingerprint density at radius 2 is 1.70 bits per heavy atom. The maximum absolute atomic E-state index is 12.3. The van der Waals surface area contributed by atoms with Crippen LogP contribution in [-0.4, -0.2) is 31.9 Å². The van der Waals surface area contributed by atoms with Crippen LogP contribution >= 0.6 is 15.9 Å². The molecule has 5 nitrogen and oxygen atoms in total. The molecule has 2 rings (SSSR count). The van der Waals surface area contributed by atoms with E-state index in [1.807, 2.05) is 24.3 Å². The molecule has 0 fully saturated rings. The first-order valence-corrected chi connectivity index (χ1v) is 7.87. The highest BCUT2D eigenvalue weighted by molar-refractivity contribution is 9.10. The molecule has 1 aromatic rings. The van der Waals surface area contributed by atoms with Gasteiger partial charge in [0.1, 0.15) is 5.92 Å². The van der Waals surface area contributed by atoms with Gasteiger partial charge in [-0.25, -0.2) is 4.79 Å². The lowest BCUT2D eigenvalue weighted by Gasteiger charge is -2.31. The molecule has 1 aliphatic rings. The van der Waals surface area contributed by atoms with E-state index >= 15 is 0 Å². The molecule has 2 unspecified atom stereocenters. The first-order valence-electron chi connectivity index (χ1n) is 7.08. The fourth-order valence-electron chi connectivity index (χ4n) is 2.87. The standard InChI is InChI=1S/C17H18BrNO4/c1-9-13(16(20)22-3)15(11-5-7-12(18)8-6-11)14(10(2)19-9)17(21)23-4/h5-8,13,15H,1-4H3. The Morgan fingerprint density at radius 3 is 2.22 bits per heavy atom. The summed E-state index contributed by atoms with van der Waals surface area (Å²) >= 11 is 3.39. The van der Waals surface area contributed by atoms with Crippen LogP contribution in [0.15, 0.2) is 45.0 Å². The van der Waals surface area contributed by atoms with Crippen molar-refractivity contribution >= 4 is 33.6 Å². The number of hydrogen-bond acceptors (Lipinski definition) is 5. The van der Waals surface area contributed by atoms with Crippen molar-refractivity contribution in [2.75, 3.05) is 14.2 Å². The van der Waals surface area contributed by atoms with Gasteiger partial charge in [-0.05, 0) is 31.5 Å². The molecule has 0 saturated carbocycles. The number of carbonyl (C=O) groups excluding carboxylic acids is 2. The largest absolute Gasteiger partial charge is 0.468 e. The third-order valence-corrected chi connectivity index (χ3v) is 4.45. The summed E-state index contributed by atoms with van der Waals surface area (Å²) in [5, 5.41) is 0. The predicted molar refractivity (Wildman–Crippen MR) is 90.2 cm³/mol. The molecule has 1 heterocycles. The van der Waals surface area contributed by atoms with Gasteiger partial charge < -0.3 is 9.47 Å². The second-order valence-electron chi connectivity index (χ2n) is 5.27. The molecule has 0 radical (unpaired) electrons. The van der Waals surface area contributed by atoms with E-state index in [1.54, 1.807) is 13.8 Å². The molecule has 122 valence electrons. The van der Waals surface area contributed by atoms with E-state index in [0.717, 1.165) is 10.0 Å².